The number of benzene rings is 2. The zero-order valence-electron chi connectivity index (χ0n) is 22.2. The first-order valence-electron chi connectivity index (χ1n) is 12.4. The third kappa shape index (κ3) is 5.05. The van der Waals surface area contributed by atoms with Crippen LogP contribution in [0.25, 0.3) is 33.8 Å². The summed E-state index contributed by atoms with van der Waals surface area (Å²) < 4.78 is 7.67. The average Bonchev–Trinajstić information content (AvgIpc) is 3.60. The van der Waals surface area contributed by atoms with Crippen molar-refractivity contribution in [3.63, 3.8) is 0 Å². The van der Waals surface area contributed by atoms with Crippen LogP contribution in [0, 0.1) is 13.8 Å². The Balaban J connectivity index is 0.000000162. The topological polar surface area (TPSA) is 159 Å². The number of aryl methyl sites for hydroxylation is 2. The normalized spacial score (nSPS) is 10.9. The molecule has 4 aromatic heterocycles. The number of fused-ring (bicyclic) bond motifs is 2. The summed E-state index contributed by atoms with van der Waals surface area (Å²) in [6, 6.07) is 19.8. The van der Waals surface area contributed by atoms with Gasteiger partial charge in [-0.25, -0.2) is 14.8 Å². The molecule has 0 spiro atoms. The van der Waals surface area contributed by atoms with Gasteiger partial charge in [-0.3, -0.25) is 0 Å². The molecule has 202 valence electrons. The van der Waals surface area contributed by atoms with Crippen molar-refractivity contribution in [2.75, 3.05) is 18.6 Å². The van der Waals surface area contributed by atoms with E-state index in [9.17, 15) is 9.90 Å². The van der Waals surface area contributed by atoms with E-state index in [4.69, 9.17) is 11.5 Å². The summed E-state index contributed by atoms with van der Waals surface area (Å²) in [5, 5.41) is 18.0. The van der Waals surface area contributed by atoms with Crippen molar-refractivity contribution in [3.05, 3.63) is 95.3 Å². The second-order valence-electron chi connectivity index (χ2n) is 9.21. The number of methoxy groups -OCH3 is 1. The van der Waals surface area contributed by atoms with Crippen molar-refractivity contribution in [1.29, 1.82) is 0 Å². The molecule has 4 heterocycles. The number of nitrogens with zero attached hydrogens (tertiary/aromatic N) is 6. The molecule has 0 fully saturated rings. The minimum atomic E-state index is -0.533. The van der Waals surface area contributed by atoms with E-state index in [1.54, 1.807) is 10.7 Å². The smallest absolute Gasteiger partial charge is 0.343 e. The van der Waals surface area contributed by atoms with Gasteiger partial charge in [-0.15, -0.1) is 0 Å². The minimum absolute atomic E-state index is 0.144. The van der Waals surface area contributed by atoms with E-state index >= 15 is 0 Å². The zero-order valence-corrected chi connectivity index (χ0v) is 22.2. The minimum Gasteiger partial charge on any atom is -0.465 e. The fourth-order valence-electron chi connectivity index (χ4n) is 4.06. The van der Waals surface area contributed by atoms with E-state index in [0.717, 1.165) is 22.5 Å². The highest BCUT2D eigenvalue weighted by Gasteiger charge is 2.16. The lowest BCUT2D eigenvalue weighted by molar-refractivity contribution is 0.0601. The number of anilines is 2. The molecule has 0 bridgehead atoms. The van der Waals surface area contributed by atoms with Crippen molar-refractivity contribution in [2.45, 2.75) is 20.5 Å². The fraction of sp³-hybridized carbons (Fsp3) is 0.138. The van der Waals surface area contributed by atoms with E-state index in [2.05, 4.69) is 24.9 Å². The highest BCUT2D eigenvalue weighted by Crippen LogP contribution is 2.23. The SMILES string of the molecule is COC(=O)c1cnc2cc(-c3ccc(C)cc3)nn2c1N.Cc1ccc(-c2cc3ncc(CO)c(N)n3n2)cc1. The lowest BCUT2D eigenvalue weighted by Crippen LogP contribution is -2.11. The van der Waals surface area contributed by atoms with Crippen molar-refractivity contribution in [2.24, 2.45) is 0 Å². The number of aliphatic hydroxyl groups is 1. The molecule has 0 aliphatic heterocycles. The Morgan fingerprint density at radius 1 is 0.800 bits per heavy atom. The van der Waals surface area contributed by atoms with Crippen LogP contribution in [-0.4, -0.2) is 47.4 Å². The number of hydrogen-bond acceptors (Lipinski definition) is 9. The predicted octanol–water partition coefficient (Wildman–Crippen LogP) is 3.85. The number of carbonyl (C=O) groups excluding carboxylic acids is 1. The maximum Gasteiger partial charge on any atom is 0.343 e. The second kappa shape index (κ2) is 10.8. The molecule has 0 aliphatic carbocycles. The number of esters is 1. The third-order valence-corrected chi connectivity index (χ3v) is 6.39. The molecule has 5 N–H and O–H groups in total. The van der Waals surface area contributed by atoms with Gasteiger partial charge in [0, 0.05) is 41.2 Å². The summed E-state index contributed by atoms with van der Waals surface area (Å²) in [5.41, 5.74) is 19.9. The summed E-state index contributed by atoms with van der Waals surface area (Å²) >= 11 is 0. The van der Waals surface area contributed by atoms with Gasteiger partial charge in [0.25, 0.3) is 0 Å². The Kier molecular flexibility index (Phi) is 7.13. The van der Waals surface area contributed by atoms with Gasteiger partial charge in [0.2, 0.25) is 0 Å². The maximum absolute atomic E-state index is 11.6. The van der Waals surface area contributed by atoms with E-state index < -0.39 is 5.97 Å². The van der Waals surface area contributed by atoms with Gasteiger partial charge < -0.3 is 21.3 Å². The molecule has 11 heteroatoms. The molecule has 0 atom stereocenters. The van der Waals surface area contributed by atoms with Crippen LogP contribution < -0.4 is 11.5 Å². The summed E-state index contributed by atoms with van der Waals surface area (Å²) in [7, 11) is 1.30. The van der Waals surface area contributed by atoms with Gasteiger partial charge in [-0.05, 0) is 13.8 Å². The lowest BCUT2D eigenvalue weighted by atomic mass is 10.1. The van der Waals surface area contributed by atoms with Crippen LogP contribution >= 0.6 is 0 Å². The predicted molar refractivity (Wildman–Crippen MR) is 152 cm³/mol. The Morgan fingerprint density at radius 3 is 1.75 bits per heavy atom. The number of aromatic nitrogens is 6. The molecule has 11 nitrogen and oxygen atoms in total. The Bertz CT molecular complexity index is 1820. The molecule has 40 heavy (non-hydrogen) atoms. The van der Waals surface area contributed by atoms with Gasteiger partial charge in [0.05, 0.1) is 25.1 Å². The van der Waals surface area contributed by atoms with E-state index in [1.807, 2.05) is 74.5 Å². The molecule has 6 aromatic rings. The Morgan fingerprint density at radius 2 is 1.27 bits per heavy atom. The average molecular weight is 537 g/mol. The summed E-state index contributed by atoms with van der Waals surface area (Å²) in [6.07, 6.45) is 2.97. The number of nitrogens with two attached hydrogens (primary N) is 2. The number of rotatable bonds is 4. The third-order valence-electron chi connectivity index (χ3n) is 6.39. The molecular formula is C29H28N8O3. The number of nitrogen functional groups attached to an aromatic ring is 2. The first-order valence-corrected chi connectivity index (χ1v) is 12.4. The summed E-state index contributed by atoms with van der Waals surface area (Å²) in [5.74, 6) is 0.102. The van der Waals surface area contributed by atoms with Crippen LogP contribution in [0.1, 0.15) is 27.0 Å². The van der Waals surface area contributed by atoms with Crippen LogP contribution in [0.15, 0.2) is 73.1 Å². The number of hydrogen-bond donors (Lipinski definition) is 3. The van der Waals surface area contributed by atoms with Gasteiger partial charge in [-0.1, -0.05) is 59.7 Å². The van der Waals surface area contributed by atoms with Crippen LogP contribution in [0.2, 0.25) is 0 Å². The lowest BCUT2D eigenvalue weighted by Gasteiger charge is -2.04. The Hall–Kier alpha value is -5.29. The summed E-state index contributed by atoms with van der Waals surface area (Å²) in [6.45, 7) is 3.92. The largest absolute Gasteiger partial charge is 0.465 e. The van der Waals surface area contributed by atoms with E-state index in [1.165, 1.54) is 28.9 Å². The van der Waals surface area contributed by atoms with Crippen molar-refractivity contribution >= 4 is 28.9 Å². The molecule has 0 aliphatic rings. The van der Waals surface area contributed by atoms with Gasteiger partial charge >= 0.3 is 5.97 Å². The van der Waals surface area contributed by atoms with Crippen molar-refractivity contribution in [1.82, 2.24) is 29.2 Å². The van der Waals surface area contributed by atoms with Crippen LogP contribution in [0.3, 0.4) is 0 Å². The highest BCUT2D eigenvalue weighted by atomic mass is 16.5. The second-order valence-corrected chi connectivity index (χ2v) is 9.21. The first kappa shape index (κ1) is 26.3. The first-order chi connectivity index (χ1) is 19.3. The Labute approximate surface area is 229 Å². The molecule has 0 saturated carbocycles. The maximum atomic E-state index is 11.6. The van der Waals surface area contributed by atoms with Gasteiger partial charge in [-0.2, -0.15) is 19.2 Å². The van der Waals surface area contributed by atoms with Crippen LogP contribution in [0.5, 0.6) is 0 Å². The monoisotopic (exact) mass is 536 g/mol. The van der Waals surface area contributed by atoms with E-state index in [-0.39, 0.29) is 18.0 Å². The quantitative estimate of drug-likeness (QED) is 0.284. The fourth-order valence-corrected chi connectivity index (χ4v) is 4.06. The molecule has 6 rings (SSSR count). The van der Waals surface area contributed by atoms with Gasteiger partial charge in [0.15, 0.2) is 11.3 Å². The van der Waals surface area contributed by atoms with E-state index in [0.29, 0.717) is 22.7 Å². The van der Waals surface area contributed by atoms with Crippen LogP contribution in [0.4, 0.5) is 11.6 Å². The van der Waals surface area contributed by atoms with Crippen molar-refractivity contribution in [3.8, 4) is 22.5 Å². The van der Waals surface area contributed by atoms with Gasteiger partial charge in [0.1, 0.15) is 17.2 Å². The molecule has 0 saturated heterocycles. The van der Waals surface area contributed by atoms with Crippen LogP contribution in [-0.2, 0) is 11.3 Å². The number of ether oxygens (including phenoxy) is 1. The molecule has 0 amide bonds. The molecular weight excluding hydrogens is 508 g/mol. The summed E-state index contributed by atoms with van der Waals surface area (Å²) in [4.78, 5) is 20.0. The highest BCUT2D eigenvalue weighted by molar-refractivity contribution is 5.94. The standard InChI is InChI=1S/C15H14N4O2.C14H14N4O/c1-9-3-5-10(6-4-9)12-7-13-17-8-11(15(20)21-2)14(16)19(13)18-12;1-9-2-4-10(5-3-9)12-6-13-16-7-11(8-19)14(15)18(13)17-12/h3-8H,16H2,1-2H3;2-7,19H,8,15H2,1H3. The zero-order chi connectivity index (χ0) is 28.4. The number of carbonyl (C=O) groups is 1. The number of aliphatic hydroxyl groups excluding tert-OH is 1. The molecule has 2 aromatic carbocycles. The molecule has 0 unspecified atom stereocenters. The molecule has 0 radical (unpaired) electrons. The van der Waals surface area contributed by atoms with Crippen molar-refractivity contribution < 1.29 is 14.6 Å².